The number of nitrogens with zero attached hydrogens (tertiary/aromatic N) is 1. The first kappa shape index (κ1) is 20.2. The highest BCUT2D eigenvalue weighted by atomic mass is 16.5. The minimum atomic E-state index is 0.775. The number of benzene rings is 1. The smallest absolute Gasteiger partial charge is 0.127 e. The topological polar surface area (TPSA) is 21.6 Å². The molecule has 1 aliphatic heterocycles. The number of rotatable bonds is 6. The first-order valence-electron chi connectivity index (χ1n) is 8.83. The van der Waals surface area contributed by atoms with Crippen LogP contribution in [0.15, 0.2) is 95.7 Å². The lowest BCUT2D eigenvalue weighted by molar-refractivity contribution is 0.413. The summed E-state index contributed by atoms with van der Waals surface area (Å²) in [6.07, 6.45) is 11.5. The van der Waals surface area contributed by atoms with E-state index in [0.29, 0.717) is 0 Å². The molecule has 27 heavy (non-hydrogen) atoms. The first-order valence-corrected chi connectivity index (χ1v) is 8.83. The molecule has 0 atom stereocenters. The summed E-state index contributed by atoms with van der Waals surface area (Å²) in [5.74, 6) is 0.775. The Kier molecular flexibility index (Phi) is 6.73. The number of hydrogen-bond acceptors (Lipinski definition) is 2. The molecule has 0 saturated carbocycles. The summed E-state index contributed by atoms with van der Waals surface area (Å²) >= 11 is 0. The van der Waals surface area contributed by atoms with Gasteiger partial charge in [-0.2, -0.15) is 0 Å². The van der Waals surface area contributed by atoms with Crippen molar-refractivity contribution in [3.8, 4) is 5.75 Å². The molecule has 0 amide bonds. The summed E-state index contributed by atoms with van der Waals surface area (Å²) in [6.45, 7) is 18.4. The molecular weight excluding hydrogens is 330 g/mol. The number of allylic oxidation sites excluding steroid dienone is 10. The van der Waals surface area contributed by atoms with Crippen molar-refractivity contribution in [2.24, 2.45) is 4.99 Å². The van der Waals surface area contributed by atoms with E-state index >= 15 is 0 Å². The third kappa shape index (κ3) is 5.18. The molecule has 0 bridgehead atoms. The van der Waals surface area contributed by atoms with Crippen molar-refractivity contribution in [1.29, 1.82) is 0 Å². The molecule has 138 valence electrons. The fraction of sp³-hybridized carbons (Fsp3) is 0.160. The third-order valence-corrected chi connectivity index (χ3v) is 4.58. The van der Waals surface area contributed by atoms with Crippen LogP contribution in [0.1, 0.15) is 31.9 Å². The standard InChI is InChI=1S/C25H27NO/c1-17(2)21(6)19(4)8-9-20(5)24-11-10-22(15-25(24)27-7)23-14-18(3)12-13-26-16-23/h8-16H,1,3,5H2,2,4,6-7H3/b9-8-,21-19-. The Balaban J connectivity index is 2.34. The van der Waals surface area contributed by atoms with Crippen LogP contribution in [0.5, 0.6) is 5.75 Å². The van der Waals surface area contributed by atoms with Crippen LogP contribution in [0.25, 0.3) is 11.1 Å². The predicted molar refractivity (Wildman–Crippen MR) is 119 cm³/mol. The molecule has 2 rings (SSSR count). The monoisotopic (exact) mass is 357 g/mol. The fourth-order valence-electron chi connectivity index (χ4n) is 2.62. The second-order valence-corrected chi connectivity index (χ2v) is 6.63. The van der Waals surface area contributed by atoms with E-state index in [4.69, 9.17) is 4.74 Å². The summed E-state index contributed by atoms with van der Waals surface area (Å²) in [5, 5.41) is 0. The molecule has 2 nitrogen and oxygen atoms in total. The third-order valence-electron chi connectivity index (χ3n) is 4.58. The lowest BCUT2D eigenvalue weighted by Gasteiger charge is -2.12. The Hall–Kier alpha value is -3.13. The molecule has 0 N–H and O–H groups in total. The molecule has 0 spiro atoms. The van der Waals surface area contributed by atoms with E-state index in [1.807, 2.05) is 43.5 Å². The van der Waals surface area contributed by atoms with Gasteiger partial charge in [-0.25, -0.2) is 0 Å². The van der Waals surface area contributed by atoms with E-state index in [0.717, 1.165) is 39.2 Å². The lowest BCUT2D eigenvalue weighted by Crippen LogP contribution is -1.94. The van der Waals surface area contributed by atoms with Gasteiger partial charge < -0.3 is 4.74 Å². The van der Waals surface area contributed by atoms with Gasteiger partial charge in [-0.15, -0.1) is 0 Å². The molecule has 1 aliphatic rings. The largest absolute Gasteiger partial charge is 0.496 e. The van der Waals surface area contributed by atoms with Gasteiger partial charge in [-0.3, -0.25) is 4.99 Å². The van der Waals surface area contributed by atoms with Crippen LogP contribution < -0.4 is 4.74 Å². The highest BCUT2D eigenvalue weighted by Gasteiger charge is 2.09. The van der Waals surface area contributed by atoms with Gasteiger partial charge in [0.1, 0.15) is 5.75 Å². The summed E-state index contributed by atoms with van der Waals surface area (Å²) in [7, 11) is 1.67. The zero-order valence-corrected chi connectivity index (χ0v) is 16.7. The van der Waals surface area contributed by atoms with Gasteiger partial charge in [-0.05, 0) is 66.8 Å². The zero-order chi connectivity index (χ0) is 20.0. The Labute approximate surface area is 163 Å². The summed E-state index contributed by atoms with van der Waals surface area (Å²) in [4.78, 5) is 4.26. The van der Waals surface area contributed by atoms with Gasteiger partial charge in [0.05, 0.1) is 7.11 Å². The van der Waals surface area contributed by atoms with Crippen LogP contribution in [0.2, 0.25) is 0 Å². The maximum atomic E-state index is 5.62. The molecule has 0 aliphatic carbocycles. The van der Waals surface area contributed by atoms with Gasteiger partial charge in [0.15, 0.2) is 0 Å². The Morgan fingerprint density at radius 2 is 1.85 bits per heavy atom. The predicted octanol–water partition coefficient (Wildman–Crippen LogP) is 6.71. The molecule has 1 heterocycles. The Bertz CT molecular complexity index is 933. The van der Waals surface area contributed by atoms with Gasteiger partial charge in [-0.1, -0.05) is 49.6 Å². The van der Waals surface area contributed by atoms with Gasteiger partial charge in [0.25, 0.3) is 0 Å². The van der Waals surface area contributed by atoms with E-state index in [-0.39, 0.29) is 0 Å². The molecule has 0 saturated heterocycles. The highest BCUT2D eigenvalue weighted by molar-refractivity contribution is 6.11. The number of methoxy groups -OCH3 is 1. The molecule has 0 unspecified atom stereocenters. The number of hydrogen-bond donors (Lipinski definition) is 0. The second kappa shape index (κ2) is 9.00. The van der Waals surface area contributed by atoms with Crippen LogP contribution >= 0.6 is 0 Å². The molecule has 2 heteroatoms. The van der Waals surface area contributed by atoms with Crippen LogP contribution in [-0.2, 0) is 0 Å². The summed E-state index contributed by atoms with van der Waals surface area (Å²) in [5.41, 5.74) is 8.21. The van der Waals surface area contributed by atoms with E-state index in [9.17, 15) is 0 Å². The molecule has 0 aromatic heterocycles. The van der Waals surface area contributed by atoms with Crippen molar-refractivity contribution < 1.29 is 4.74 Å². The quantitative estimate of drug-likeness (QED) is 0.518. The number of aliphatic imine (C=N–C) groups is 1. The minimum Gasteiger partial charge on any atom is -0.496 e. The molecule has 1 aromatic carbocycles. The van der Waals surface area contributed by atoms with Crippen LogP contribution in [-0.4, -0.2) is 13.3 Å². The maximum Gasteiger partial charge on any atom is 0.127 e. The van der Waals surface area contributed by atoms with Crippen molar-refractivity contribution in [2.75, 3.05) is 7.11 Å². The van der Waals surface area contributed by atoms with Crippen LogP contribution in [0, 0.1) is 0 Å². The molecule has 1 aromatic rings. The van der Waals surface area contributed by atoms with Crippen molar-refractivity contribution in [3.05, 3.63) is 102 Å². The maximum absolute atomic E-state index is 5.62. The normalized spacial score (nSPS) is 14.7. The average molecular weight is 357 g/mol. The fourth-order valence-corrected chi connectivity index (χ4v) is 2.62. The zero-order valence-electron chi connectivity index (χ0n) is 16.7. The van der Waals surface area contributed by atoms with Gasteiger partial charge in [0.2, 0.25) is 0 Å². The van der Waals surface area contributed by atoms with E-state index < -0.39 is 0 Å². The first-order chi connectivity index (χ1) is 12.8. The van der Waals surface area contributed by atoms with E-state index in [2.05, 4.69) is 50.7 Å². The molecule has 0 radical (unpaired) electrons. The molecular formula is C25H27NO. The van der Waals surface area contributed by atoms with E-state index in [1.165, 1.54) is 11.1 Å². The summed E-state index contributed by atoms with van der Waals surface area (Å²) < 4.78 is 5.62. The van der Waals surface area contributed by atoms with Crippen molar-refractivity contribution in [3.63, 3.8) is 0 Å². The second-order valence-electron chi connectivity index (χ2n) is 6.63. The molecule has 0 fully saturated rings. The van der Waals surface area contributed by atoms with Crippen molar-refractivity contribution in [2.45, 2.75) is 20.8 Å². The van der Waals surface area contributed by atoms with Crippen LogP contribution in [0.3, 0.4) is 0 Å². The van der Waals surface area contributed by atoms with Gasteiger partial charge >= 0.3 is 0 Å². The van der Waals surface area contributed by atoms with Crippen molar-refractivity contribution >= 4 is 17.4 Å². The Morgan fingerprint density at radius 1 is 1.11 bits per heavy atom. The SMILES string of the molecule is C=C1C=CN=CC(c2ccc(C(=C)/C=C\C(C)=C(\C)C(=C)C)c(OC)c2)=C1. The van der Waals surface area contributed by atoms with Crippen molar-refractivity contribution in [1.82, 2.24) is 0 Å². The van der Waals surface area contributed by atoms with Crippen LogP contribution in [0.4, 0.5) is 0 Å². The minimum absolute atomic E-state index is 0.775. The Morgan fingerprint density at radius 3 is 2.52 bits per heavy atom. The lowest BCUT2D eigenvalue weighted by atomic mass is 9.98. The summed E-state index contributed by atoms with van der Waals surface area (Å²) in [6, 6.07) is 6.09. The average Bonchev–Trinajstić information content (AvgIpc) is 2.88. The highest BCUT2D eigenvalue weighted by Crippen LogP contribution is 2.30. The van der Waals surface area contributed by atoms with E-state index in [1.54, 1.807) is 13.3 Å². The number of ether oxygens (including phenoxy) is 1. The van der Waals surface area contributed by atoms with Gasteiger partial charge in [0, 0.05) is 23.6 Å².